The summed E-state index contributed by atoms with van der Waals surface area (Å²) in [5.74, 6) is 0. The molecule has 6 amide bonds. The van der Waals surface area contributed by atoms with E-state index in [1.807, 2.05) is 191 Å². The van der Waals surface area contributed by atoms with Gasteiger partial charge in [0.15, 0.2) is 0 Å². The summed E-state index contributed by atoms with van der Waals surface area (Å²) in [6, 6.07) is 27.8. The second kappa shape index (κ2) is 42.1. The molecule has 0 saturated carbocycles. The molecule has 32 heteroatoms. The largest absolute Gasteiger partial charge is 0.447 e. The number of piperazine rings is 3. The highest BCUT2D eigenvalue weighted by atomic mass is 35.5. The number of aryl methyl sites for hydroxylation is 4. The van der Waals surface area contributed by atoms with E-state index in [2.05, 4.69) is 95.0 Å². The predicted octanol–water partition coefficient (Wildman–Crippen LogP) is 16.6. The van der Waals surface area contributed by atoms with E-state index < -0.39 is 36.4 Å². The number of halogens is 2. The molecule has 6 aliphatic rings. The molecule has 15 rings (SSSR count). The summed E-state index contributed by atoms with van der Waals surface area (Å²) >= 11 is 13.3. The van der Waals surface area contributed by atoms with Gasteiger partial charge >= 0.3 is 36.6 Å². The number of amides is 6. The minimum absolute atomic E-state index is 0. The van der Waals surface area contributed by atoms with Gasteiger partial charge in [0.1, 0.15) is 0 Å². The third-order valence-electron chi connectivity index (χ3n) is 22.4. The third-order valence-corrected chi connectivity index (χ3v) is 22.9. The van der Waals surface area contributed by atoms with Crippen LogP contribution >= 0.6 is 23.2 Å². The van der Waals surface area contributed by atoms with E-state index in [1.54, 1.807) is 64.7 Å². The predicted molar refractivity (Wildman–Crippen MR) is 489 cm³/mol. The normalized spacial score (nSPS) is 17.5. The van der Waals surface area contributed by atoms with Crippen molar-refractivity contribution < 1.29 is 57.2 Å². The maximum absolute atomic E-state index is 13.0. The minimum Gasteiger partial charge on any atom is -0.447 e. The Bertz CT molecular complexity index is 4950. The van der Waals surface area contributed by atoms with E-state index in [4.69, 9.17) is 66.6 Å². The minimum atomic E-state index is -0.588. The Hall–Kier alpha value is -12.0. The van der Waals surface area contributed by atoms with Crippen LogP contribution in [0.4, 0.5) is 28.8 Å². The molecule has 0 bridgehead atoms. The first-order valence-corrected chi connectivity index (χ1v) is 43.7. The fourth-order valence-corrected chi connectivity index (χ4v) is 17.2. The Labute approximate surface area is 753 Å². The number of fused-ring (bicyclic) bond motifs is 6. The van der Waals surface area contributed by atoms with E-state index in [0.717, 1.165) is 107 Å². The van der Waals surface area contributed by atoms with Gasteiger partial charge in [-0.3, -0.25) is 29.7 Å². The van der Waals surface area contributed by atoms with Crippen LogP contribution < -0.4 is 16.0 Å². The molecule has 3 aromatic carbocycles. The molecule has 674 valence electrons. The van der Waals surface area contributed by atoms with Crippen molar-refractivity contribution in [3.63, 3.8) is 0 Å². The van der Waals surface area contributed by atoms with Crippen molar-refractivity contribution >= 4 is 94.7 Å². The second-order valence-electron chi connectivity index (χ2n) is 33.7. The van der Waals surface area contributed by atoms with Gasteiger partial charge in [-0.05, 0) is 217 Å². The van der Waals surface area contributed by atoms with Crippen LogP contribution in [0.5, 0.6) is 0 Å². The van der Waals surface area contributed by atoms with Crippen molar-refractivity contribution in [1.29, 1.82) is 0 Å². The first kappa shape index (κ1) is 94.2. The lowest BCUT2D eigenvalue weighted by Gasteiger charge is -2.39. The Morgan fingerprint density at radius 3 is 0.898 bits per heavy atom. The number of hydrogen-bond donors (Lipinski definition) is 3. The number of imidazole rings is 3. The van der Waals surface area contributed by atoms with Crippen LogP contribution in [0.2, 0.25) is 10.0 Å². The van der Waals surface area contributed by atoms with E-state index in [-0.39, 0.29) is 80.5 Å². The summed E-state index contributed by atoms with van der Waals surface area (Å²) in [5, 5.41) is 10.4. The highest BCUT2D eigenvalue weighted by molar-refractivity contribution is 6.31. The topological polar surface area (TPSA) is 305 Å². The first-order valence-electron chi connectivity index (χ1n) is 43.0. The maximum atomic E-state index is 13.0. The van der Waals surface area contributed by atoms with Gasteiger partial charge < -0.3 is 72.8 Å². The van der Waals surface area contributed by atoms with Gasteiger partial charge in [0.05, 0.1) is 145 Å². The van der Waals surface area contributed by atoms with Crippen molar-refractivity contribution in [2.45, 2.75) is 170 Å². The number of hydrogen-bond acceptors (Lipinski definition) is 21. The van der Waals surface area contributed by atoms with Crippen molar-refractivity contribution in [3.05, 3.63) is 247 Å². The summed E-state index contributed by atoms with van der Waals surface area (Å²) in [6.45, 7) is 31.3. The summed E-state index contributed by atoms with van der Waals surface area (Å²) in [7, 11) is 5.70. The Morgan fingerprint density at radius 1 is 0.370 bits per heavy atom. The summed E-state index contributed by atoms with van der Waals surface area (Å²) in [5.41, 5.74) is 17.6. The van der Waals surface area contributed by atoms with Crippen LogP contribution in [-0.4, -0.2) is 225 Å². The highest BCUT2D eigenvalue weighted by Gasteiger charge is 2.42. The zero-order valence-corrected chi connectivity index (χ0v) is 75.9. The maximum Gasteiger partial charge on any atom is 0.410 e. The lowest BCUT2D eigenvalue weighted by molar-refractivity contribution is 0.0506. The molecule has 9 heterocycles. The van der Waals surface area contributed by atoms with Gasteiger partial charge in [0, 0.05) is 128 Å². The van der Waals surface area contributed by atoms with Crippen molar-refractivity contribution in [2.75, 3.05) is 78.5 Å². The standard InChI is InChI=1S/C32H40N6O4.2C31H37ClN6O4.CH4/c1-20(2)41-31(39)35-29(27-18-33-19-36(27)6)26-17-23-8-7-11-34-28(23)30(24-10-9-22(5)16-25(24)26)37-12-14-38(15-13-37)32(40)42-21(3)4;2*1-19(2)41-30(39)35-28(26-17-33-18-36(26)5)25-15-21-7-6-10-34-27(21)29(23-9-8-22(32)16-24(23)25)37-11-13-38(14-12-37)31(40)42-20(3)4;/h7-11,16-21,29-30H,12-15H2,1-6H3,(H,35,39);2*6-10,15-20,28-29H,11-14H2,1-5H3,(H,35,39);1H4/t29-,30-;28?,29-;28-,29+;/m001./s1. The van der Waals surface area contributed by atoms with Crippen LogP contribution in [0.1, 0.15) is 217 Å². The Balaban J connectivity index is 0.000000172. The van der Waals surface area contributed by atoms with Gasteiger partial charge in [-0.15, -0.1) is 0 Å². The number of carbonyl (C=O) groups excluding carboxylic acids is 6. The van der Waals surface area contributed by atoms with Crippen LogP contribution in [-0.2, 0) is 49.6 Å². The molecule has 1 unspecified atom stereocenters. The average molecular weight is 1780 g/mol. The van der Waals surface area contributed by atoms with E-state index >= 15 is 0 Å². The number of carbonyl (C=O) groups is 6. The van der Waals surface area contributed by atoms with Gasteiger partial charge in [-0.1, -0.05) is 84.7 Å². The second-order valence-corrected chi connectivity index (χ2v) is 34.6. The smallest absolute Gasteiger partial charge is 0.410 e. The van der Waals surface area contributed by atoms with Crippen molar-refractivity contribution in [2.24, 2.45) is 21.1 Å². The lowest BCUT2D eigenvalue weighted by Crippen LogP contribution is -2.50. The Morgan fingerprint density at radius 2 is 0.638 bits per heavy atom. The molecule has 6 atom stereocenters. The van der Waals surface area contributed by atoms with Crippen LogP contribution in [0.3, 0.4) is 0 Å². The number of alkyl carbamates (subject to hydrolysis) is 3. The molecule has 30 nitrogen and oxygen atoms in total. The zero-order chi connectivity index (χ0) is 89.9. The molecule has 3 saturated heterocycles. The lowest BCUT2D eigenvalue weighted by atomic mass is 9.88. The monoisotopic (exact) mass is 1770 g/mol. The molecule has 6 aromatic heterocycles. The Kier molecular flexibility index (Phi) is 31.2. The molecule has 3 aliphatic carbocycles. The van der Waals surface area contributed by atoms with Gasteiger partial charge in [-0.25, -0.2) is 43.7 Å². The summed E-state index contributed by atoms with van der Waals surface area (Å²) in [6.07, 6.45) is 18.3. The molecule has 0 spiro atoms. The number of rotatable bonds is 18. The van der Waals surface area contributed by atoms with E-state index in [9.17, 15) is 28.8 Å². The quantitative estimate of drug-likeness (QED) is 0.0672. The number of pyridine rings is 3. The highest BCUT2D eigenvalue weighted by Crippen LogP contribution is 2.49. The molecule has 3 aliphatic heterocycles. The van der Waals surface area contributed by atoms with Crippen LogP contribution in [0, 0.1) is 6.92 Å². The first-order chi connectivity index (χ1) is 60.4. The van der Waals surface area contributed by atoms with E-state index in [1.165, 1.54) is 0 Å². The van der Waals surface area contributed by atoms with Crippen LogP contribution in [0.15, 0.2) is 147 Å². The molecule has 3 N–H and O–H groups in total. The molecule has 3 fully saturated rings. The number of aromatic nitrogens is 9. The van der Waals surface area contributed by atoms with Gasteiger partial charge in [-0.2, -0.15) is 0 Å². The van der Waals surface area contributed by atoms with Crippen LogP contribution in [0.25, 0.3) is 34.9 Å². The third kappa shape index (κ3) is 22.5. The molecular weight excluding hydrogens is 1660 g/mol. The molecule has 9 aromatic rings. The van der Waals surface area contributed by atoms with Crippen molar-refractivity contribution in [1.82, 2.24) is 89.0 Å². The summed E-state index contributed by atoms with van der Waals surface area (Å²) in [4.78, 5) is 117. The number of nitrogens with zero attached hydrogens (tertiary/aromatic N) is 15. The molecular formula is C95H118Cl2N18O12. The van der Waals surface area contributed by atoms with Gasteiger partial charge in [0.2, 0.25) is 0 Å². The van der Waals surface area contributed by atoms with E-state index in [0.29, 0.717) is 88.6 Å². The average Bonchev–Trinajstić information content (AvgIpc) is 1.64. The zero-order valence-electron chi connectivity index (χ0n) is 74.4. The number of ether oxygens (including phenoxy) is 6. The van der Waals surface area contributed by atoms with Gasteiger partial charge in [0.25, 0.3) is 0 Å². The SMILES string of the molecule is C.CC(C)OC(=O)NC(C1=Cc2cccnc2[C@@H](N2CCN(C(=O)OC(C)C)CC2)c2ccc(Cl)cc21)c1cncn1C.CC(C)OC(=O)N[C@H](C1=Cc2cccnc2[C@@H](N2CCN(C(=O)OC(C)C)CC2)c2ccc(Cl)cc21)c1cncn1C.Cc1ccc2c(c1)C([C@H](NC(=O)OC(C)C)c1cncn1C)=Cc1cccnc1[C@H]2N1CCN(C(=O)OC(C)C)CC1. The fourth-order valence-electron chi connectivity index (χ4n) is 16.8. The number of nitrogens with one attached hydrogen (secondary N) is 3. The summed E-state index contributed by atoms with van der Waals surface area (Å²) < 4.78 is 38.5. The molecule has 0 radical (unpaired) electrons. The number of benzene rings is 3. The van der Waals surface area contributed by atoms with Crippen molar-refractivity contribution in [3.8, 4) is 0 Å². The molecule has 127 heavy (non-hydrogen) atoms. The fraction of sp³-hybridized carbons (Fsp3) is 0.432.